The van der Waals surface area contributed by atoms with Crippen molar-refractivity contribution >= 4 is 16.3 Å². The second kappa shape index (κ2) is 2.61. The number of hydrogen-bond donors (Lipinski definition) is 0. The van der Waals surface area contributed by atoms with Crippen molar-refractivity contribution in [2.75, 3.05) is 0 Å². The lowest BCUT2D eigenvalue weighted by Gasteiger charge is -1.93. The molecule has 0 radical (unpaired) electrons. The molecule has 0 aliphatic carbocycles. The molecule has 2 heterocycles. The lowest BCUT2D eigenvalue weighted by atomic mass is 10.1. The van der Waals surface area contributed by atoms with Crippen molar-refractivity contribution in [2.45, 2.75) is 6.92 Å². The highest BCUT2D eigenvalue weighted by Gasteiger charge is 2.00. The Labute approximate surface area is 82.6 Å². The van der Waals surface area contributed by atoms with Gasteiger partial charge in [-0.05, 0) is 25.1 Å². The summed E-state index contributed by atoms with van der Waals surface area (Å²) in [7, 11) is 0. The fourth-order valence-electron chi connectivity index (χ4n) is 1.97. The van der Waals surface area contributed by atoms with Gasteiger partial charge in [-0.2, -0.15) is 0 Å². The van der Waals surface area contributed by atoms with Crippen molar-refractivity contribution in [1.82, 2.24) is 4.40 Å². The van der Waals surface area contributed by atoms with Gasteiger partial charge < -0.3 is 4.40 Å². The van der Waals surface area contributed by atoms with Crippen LogP contribution in [0.25, 0.3) is 16.3 Å². The third kappa shape index (κ3) is 0.956. The van der Waals surface area contributed by atoms with Crippen LogP contribution in [0.1, 0.15) is 5.56 Å². The molecule has 0 unspecified atom stereocenters. The lowest BCUT2D eigenvalue weighted by molar-refractivity contribution is 1.21. The second-order valence-electron chi connectivity index (χ2n) is 3.71. The van der Waals surface area contributed by atoms with E-state index in [-0.39, 0.29) is 0 Å². The summed E-state index contributed by atoms with van der Waals surface area (Å²) < 4.78 is 2.17. The first-order valence-electron chi connectivity index (χ1n) is 4.81. The first kappa shape index (κ1) is 7.63. The van der Waals surface area contributed by atoms with Crippen molar-refractivity contribution in [1.29, 1.82) is 0 Å². The Morgan fingerprint density at radius 1 is 1.07 bits per heavy atom. The van der Waals surface area contributed by atoms with E-state index in [0.717, 1.165) is 0 Å². The second-order valence-corrected chi connectivity index (χ2v) is 3.71. The molecule has 0 saturated heterocycles. The van der Waals surface area contributed by atoms with E-state index >= 15 is 0 Å². The third-order valence-electron chi connectivity index (χ3n) is 2.65. The topological polar surface area (TPSA) is 4.41 Å². The smallest absolute Gasteiger partial charge is 0.0528 e. The predicted molar refractivity (Wildman–Crippen MR) is 59.6 cm³/mol. The highest BCUT2D eigenvalue weighted by atomic mass is 14.8. The molecule has 0 aliphatic rings. The van der Waals surface area contributed by atoms with Gasteiger partial charge in [-0.1, -0.05) is 23.8 Å². The molecule has 14 heavy (non-hydrogen) atoms. The number of rotatable bonds is 0. The molecule has 0 bridgehead atoms. The van der Waals surface area contributed by atoms with Gasteiger partial charge in [0.25, 0.3) is 0 Å². The molecular weight excluding hydrogens is 170 g/mol. The molecule has 3 aromatic rings. The van der Waals surface area contributed by atoms with Crippen LogP contribution in [0.2, 0.25) is 0 Å². The summed E-state index contributed by atoms with van der Waals surface area (Å²) in [5, 5.41) is 2.65. The van der Waals surface area contributed by atoms with Crippen LogP contribution in [-0.2, 0) is 0 Å². The normalized spacial score (nSPS) is 11.2. The molecule has 1 heteroatoms. The summed E-state index contributed by atoms with van der Waals surface area (Å²) in [4.78, 5) is 0. The van der Waals surface area contributed by atoms with Gasteiger partial charge in [0.15, 0.2) is 0 Å². The maximum atomic E-state index is 2.22. The molecule has 0 saturated carbocycles. The van der Waals surface area contributed by atoms with Crippen molar-refractivity contribution in [3.63, 3.8) is 0 Å². The van der Waals surface area contributed by atoms with Crippen molar-refractivity contribution < 1.29 is 0 Å². The Morgan fingerprint density at radius 2 is 2.00 bits per heavy atom. The SMILES string of the molecule is Cc1ccc2c(c1)cn1ccccc21. The minimum atomic E-state index is 1.28. The van der Waals surface area contributed by atoms with Gasteiger partial charge in [0.1, 0.15) is 0 Å². The third-order valence-corrected chi connectivity index (χ3v) is 2.65. The number of aromatic nitrogens is 1. The Bertz CT molecular complexity index is 605. The largest absolute Gasteiger partial charge is 0.323 e. The van der Waals surface area contributed by atoms with Gasteiger partial charge in [-0.15, -0.1) is 0 Å². The van der Waals surface area contributed by atoms with Crippen LogP contribution in [-0.4, -0.2) is 4.40 Å². The van der Waals surface area contributed by atoms with Crippen molar-refractivity contribution in [3.8, 4) is 0 Å². The Morgan fingerprint density at radius 3 is 2.93 bits per heavy atom. The van der Waals surface area contributed by atoms with E-state index in [1.165, 1.54) is 21.9 Å². The maximum Gasteiger partial charge on any atom is 0.0528 e. The molecule has 0 aliphatic heterocycles. The van der Waals surface area contributed by atoms with Crippen molar-refractivity contribution in [2.24, 2.45) is 0 Å². The van der Waals surface area contributed by atoms with Crippen LogP contribution < -0.4 is 0 Å². The molecule has 0 amide bonds. The van der Waals surface area contributed by atoms with E-state index in [1.807, 2.05) is 0 Å². The minimum Gasteiger partial charge on any atom is -0.323 e. The van der Waals surface area contributed by atoms with Crippen molar-refractivity contribution in [3.05, 3.63) is 54.4 Å². The van der Waals surface area contributed by atoms with Gasteiger partial charge >= 0.3 is 0 Å². The number of fused-ring (bicyclic) bond motifs is 3. The van der Waals surface area contributed by atoms with Gasteiger partial charge in [0.05, 0.1) is 5.52 Å². The number of benzene rings is 1. The number of nitrogens with zero attached hydrogens (tertiary/aromatic N) is 1. The average molecular weight is 181 g/mol. The fraction of sp³-hybridized carbons (Fsp3) is 0.0769. The molecule has 0 spiro atoms. The fourth-order valence-corrected chi connectivity index (χ4v) is 1.97. The average Bonchev–Trinajstić information content (AvgIpc) is 2.54. The molecule has 0 atom stereocenters. The number of aryl methyl sites for hydroxylation is 1. The quantitative estimate of drug-likeness (QED) is 0.500. The number of hydrogen-bond acceptors (Lipinski definition) is 0. The zero-order valence-corrected chi connectivity index (χ0v) is 8.07. The van der Waals surface area contributed by atoms with Gasteiger partial charge in [0, 0.05) is 23.2 Å². The zero-order chi connectivity index (χ0) is 9.54. The molecule has 68 valence electrons. The van der Waals surface area contributed by atoms with Crippen LogP contribution in [0, 0.1) is 6.92 Å². The molecule has 0 fully saturated rings. The van der Waals surface area contributed by atoms with Gasteiger partial charge in [0.2, 0.25) is 0 Å². The van der Waals surface area contributed by atoms with Gasteiger partial charge in [-0.25, -0.2) is 0 Å². The monoisotopic (exact) mass is 181 g/mol. The van der Waals surface area contributed by atoms with Crippen LogP contribution in [0.4, 0.5) is 0 Å². The van der Waals surface area contributed by atoms with Crippen LogP contribution in [0.3, 0.4) is 0 Å². The van der Waals surface area contributed by atoms with E-state index in [9.17, 15) is 0 Å². The van der Waals surface area contributed by atoms with Gasteiger partial charge in [-0.3, -0.25) is 0 Å². The predicted octanol–water partition coefficient (Wildman–Crippen LogP) is 3.40. The molecule has 1 aromatic carbocycles. The molecule has 0 N–H and O–H groups in total. The van der Waals surface area contributed by atoms with E-state index in [4.69, 9.17) is 0 Å². The Kier molecular flexibility index (Phi) is 1.42. The highest BCUT2D eigenvalue weighted by Crippen LogP contribution is 2.22. The van der Waals surface area contributed by atoms with E-state index in [1.54, 1.807) is 0 Å². The summed E-state index contributed by atoms with van der Waals surface area (Å²) in [5.41, 5.74) is 2.59. The molecule has 1 nitrogen and oxygen atoms in total. The standard InChI is InChI=1S/C13H11N/c1-10-5-6-12-11(8-10)9-14-7-3-2-4-13(12)14/h2-9H,1H3. The van der Waals surface area contributed by atoms with Crippen LogP contribution in [0.5, 0.6) is 0 Å². The highest BCUT2D eigenvalue weighted by molar-refractivity contribution is 5.97. The summed E-state index contributed by atoms with van der Waals surface area (Å²) >= 11 is 0. The molecular formula is C13H11N. The zero-order valence-electron chi connectivity index (χ0n) is 8.07. The summed E-state index contributed by atoms with van der Waals surface area (Å²) in [6, 6.07) is 12.9. The maximum absolute atomic E-state index is 2.22. The van der Waals surface area contributed by atoms with E-state index in [0.29, 0.717) is 0 Å². The summed E-state index contributed by atoms with van der Waals surface area (Å²) in [5.74, 6) is 0. The Balaban J connectivity index is 2.57. The Hall–Kier alpha value is -1.76. The van der Waals surface area contributed by atoms with E-state index < -0.39 is 0 Å². The lowest BCUT2D eigenvalue weighted by Crippen LogP contribution is -1.76. The van der Waals surface area contributed by atoms with Crippen LogP contribution >= 0.6 is 0 Å². The minimum absolute atomic E-state index is 1.28. The summed E-state index contributed by atoms with van der Waals surface area (Å²) in [6.45, 7) is 2.13. The first-order chi connectivity index (χ1) is 6.84. The molecule has 2 aromatic heterocycles. The first-order valence-corrected chi connectivity index (χ1v) is 4.81. The van der Waals surface area contributed by atoms with Crippen LogP contribution in [0.15, 0.2) is 48.8 Å². The summed E-state index contributed by atoms with van der Waals surface area (Å²) in [6.07, 6.45) is 4.27. The molecule has 3 rings (SSSR count). The number of pyridine rings is 1. The van der Waals surface area contributed by atoms with E-state index in [2.05, 4.69) is 60.1 Å².